The zero-order valence-electron chi connectivity index (χ0n) is 11.9. The van der Waals surface area contributed by atoms with Crippen LogP contribution in [0.1, 0.15) is 32.2 Å². The number of hydrogen-bond donors (Lipinski definition) is 1. The smallest absolute Gasteiger partial charge is 0.316 e. The molecule has 0 saturated carbocycles. The first-order valence-electron chi connectivity index (χ1n) is 6.16. The van der Waals surface area contributed by atoms with E-state index in [0.29, 0.717) is 25.8 Å². The first-order chi connectivity index (χ1) is 8.40. The van der Waals surface area contributed by atoms with Gasteiger partial charge in [-0.15, -0.1) is 0 Å². The summed E-state index contributed by atoms with van der Waals surface area (Å²) in [5.74, 6) is 0. The van der Waals surface area contributed by atoms with Crippen molar-refractivity contribution in [3.8, 4) is 6.01 Å². The van der Waals surface area contributed by atoms with Crippen molar-refractivity contribution < 1.29 is 9.47 Å². The molecule has 0 bridgehead atoms. The lowest BCUT2D eigenvalue weighted by atomic mass is 10.2. The van der Waals surface area contributed by atoms with Crippen molar-refractivity contribution in [1.29, 1.82) is 0 Å². The molecule has 1 heterocycles. The molecular formula is C13H23N3O2. The molecule has 0 radical (unpaired) electrons. The van der Waals surface area contributed by atoms with Crippen LogP contribution in [0.15, 0.2) is 6.07 Å². The maximum Gasteiger partial charge on any atom is 0.316 e. The third-order valence-corrected chi connectivity index (χ3v) is 2.09. The highest BCUT2D eigenvalue weighted by molar-refractivity contribution is 5.12. The number of nitrogens with one attached hydrogen (secondary N) is 1. The molecule has 0 aliphatic heterocycles. The molecule has 0 aromatic carbocycles. The van der Waals surface area contributed by atoms with E-state index in [9.17, 15) is 0 Å². The molecule has 1 rings (SSSR count). The highest BCUT2D eigenvalue weighted by atomic mass is 16.5. The number of nitrogens with zero attached hydrogens (tertiary/aromatic N) is 2. The lowest BCUT2D eigenvalue weighted by molar-refractivity contribution is -0.0174. The van der Waals surface area contributed by atoms with Crippen LogP contribution >= 0.6 is 0 Å². The van der Waals surface area contributed by atoms with E-state index in [4.69, 9.17) is 9.47 Å². The molecule has 0 aliphatic carbocycles. The predicted octanol–water partition coefficient (Wildman–Crippen LogP) is 1.70. The van der Waals surface area contributed by atoms with Crippen LogP contribution in [0.25, 0.3) is 0 Å². The first-order valence-corrected chi connectivity index (χ1v) is 6.16. The van der Waals surface area contributed by atoms with Gasteiger partial charge in [0.25, 0.3) is 0 Å². The van der Waals surface area contributed by atoms with Gasteiger partial charge in [0.05, 0.1) is 17.9 Å². The van der Waals surface area contributed by atoms with Crippen LogP contribution in [0.2, 0.25) is 0 Å². The number of hydrogen-bond acceptors (Lipinski definition) is 5. The maximum atomic E-state index is 5.57. The highest BCUT2D eigenvalue weighted by Crippen LogP contribution is 2.08. The summed E-state index contributed by atoms with van der Waals surface area (Å²) in [6.45, 7) is 9.67. The summed E-state index contributed by atoms with van der Waals surface area (Å²) in [6, 6.07) is 2.35. The first kappa shape index (κ1) is 14.9. The number of aromatic nitrogens is 2. The zero-order chi connectivity index (χ0) is 13.6. The van der Waals surface area contributed by atoms with E-state index < -0.39 is 0 Å². The van der Waals surface area contributed by atoms with E-state index >= 15 is 0 Å². The average molecular weight is 253 g/mol. The molecule has 5 nitrogen and oxygen atoms in total. The minimum atomic E-state index is -0.145. The molecule has 0 aliphatic rings. The van der Waals surface area contributed by atoms with E-state index in [2.05, 4.69) is 15.3 Å². The van der Waals surface area contributed by atoms with Gasteiger partial charge in [-0.2, -0.15) is 4.98 Å². The molecule has 1 N–H and O–H groups in total. The van der Waals surface area contributed by atoms with Crippen LogP contribution < -0.4 is 10.1 Å². The Morgan fingerprint density at radius 1 is 1.22 bits per heavy atom. The Morgan fingerprint density at radius 2 is 1.94 bits per heavy atom. The van der Waals surface area contributed by atoms with E-state index in [-0.39, 0.29) is 5.60 Å². The van der Waals surface area contributed by atoms with Gasteiger partial charge in [-0.05, 0) is 40.8 Å². The second-order valence-corrected chi connectivity index (χ2v) is 5.12. The van der Waals surface area contributed by atoms with E-state index in [1.54, 1.807) is 0 Å². The molecule has 0 saturated heterocycles. The molecule has 0 atom stereocenters. The van der Waals surface area contributed by atoms with Gasteiger partial charge in [0.2, 0.25) is 0 Å². The Morgan fingerprint density at radius 3 is 2.56 bits per heavy atom. The van der Waals surface area contributed by atoms with Gasteiger partial charge < -0.3 is 14.8 Å². The van der Waals surface area contributed by atoms with Crippen molar-refractivity contribution in [2.45, 2.75) is 39.8 Å². The molecule has 102 valence electrons. The van der Waals surface area contributed by atoms with Crippen molar-refractivity contribution in [3.05, 3.63) is 17.5 Å². The number of ether oxygens (including phenoxy) is 2. The van der Waals surface area contributed by atoms with Crippen molar-refractivity contribution in [2.24, 2.45) is 0 Å². The topological polar surface area (TPSA) is 56.3 Å². The van der Waals surface area contributed by atoms with Gasteiger partial charge in [-0.3, -0.25) is 0 Å². The van der Waals surface area contributed by atoms with Gasteiger partial charge >= 0.3 is 6.01 Å². The summed E-state index contributed by atoms with van der Waals surface area (Å²) in [5.41, 5.74) is 1.69. The largest absolute Gasteiger partial charge is 0.461 e. The van der Waals surface area contributed by atoms with Crippen LogP contribution in [0.4, 0.5) is 0 Å². The van der Waals surface area contributed by atoms with E-state index in [1.807, 2.05) is 40.8 Å². The number of rotatable bonds is 6. The standard InChI is InChI=1S/C13H23N3O2/c1-10-8-11(9-14-5)16-12(15-10)17-6-7-18-13(2,3)4/h8,14H,6-7,9H2,1-5H3. The Labute approximate surface area is 109 Å². The van der Waals surface area contributed by atoms with Crippen molar-refractivity contribution in [1.82, 2.24) is 15.3 Å². The second kappa shape index (κ2) is 6.66. The van der Waals surface area contributed by atoms with Crippen LogP contribution in [-0.4, -0.2) is 35.8 Å². The molecular weight excluding hydrogens is 230 g/mol. The van der Waals surface area contributed by atoms with Crippen LogP contribution in [0, 0.1) is 6.92 Å². The van der Waals surface area contributed by atoms with Crippen molar-refractivity contribution >= 4 is 0 Å². The summed E-state index contributed by atoms with van der Waals surface area (Å²) in [7, 11) is 1.88. The fraction of sp³-hybridized carbons (Fsp3) is 0.692. The second-order valence-electron chi connectivity index (χ2n) is 5.12. The summed E-state index contributed by atoms with van der Waals surface area (Å²) in [6.07, 6.45) is 0. The quantitative estimate of drug-likeness (QED) is 0.782. The Hall–Kier alpha value is -1.20. The van der Waals surface area contributed by atoms with Crippen LogP contribution in [0.3, 0.4) is 0 Å². The lowest BCUT2D eigenvalue weighted by Crippen LogP contribution is -2.22. The SMILES string of the molecule is CNCc1cc(C)nc(OCCOC(C)(C)C)n1. The Bertz CT molecular complexity index is 375. The zero-order valence-corrected chi connectivity index (χ0v) is 11.9. The molecule has 0 spiro atoms. The highest BCUT2D eigenvalue weighted by Gasteiger charge is 2.10. The molecule has 0 fully saturated rings. The molecule has 5 heteroatoms. The molecule has 0 unspecified atom stereocenters. The Balaban J connectivity index is 2.46. The normalized spacial score (nSPS) is 11.6. The summed E-state index contributed by atoms with van der Waals surface area (Å²) < 4.78 is 11.1. The van der Waals surface area contributed by atoms with Crippen molar-refractivity contribution in [2.75, 3.05) is 20.3 Å². The van der Waals surface area contributed by atoms with Gasteiger partial charge in [0, 0.05) is 12.2 Å². The van der Waals surface area contributed by atoms with Crippen LogP contribution in [0.5, 0.6) is 6.01 Å². The predicted molar refractivity (Wildman–Crippen MR) is 70.7 cm³/mol. The summed E-state index contributed by atoms with van der Waals surface area (Å²) in [4.78, 5) is 8.54. The van der Waals surface area contributed by atoms with Gasteiger partial charge in [0.15, 0.2) is 0 Å². The van der Waals surface area contributed by atoms with Crippen molar-refractivity contribution in [3.63, 3.8) is 0 Å². The third-order valence-electron chi connectivity index (χ3n) is 2.09. The summed E-state index contributed by atoms with van der Waals surface area (Å²) >= 11 is 0. The minimum Gasteiger partial charge on any atom is -0.461 e. The van der Waals surface area contributed by atoms with E-state index in [1.165, 1.54) is 0 Å². The van der Waals surface area contributed by atoms with Gasteiger partial charge in [-0.1, -0.05) is 0 Å². The van der Waals surface area contributed by atoms with Gasteiger partial charge in [-0.25, -0.2) is 4.98 Å². The Kier molecular flexibility index (Phi) is 5.50. The maximum absolute atomic E-state index is 5.57. The summed E-state index contributed by atoms with van der Waals surface area (Å²) in [5, 5.41) is 3.06. The monoisotopic (exact) mass is 253 g/mol. The minimum absolute atomic E-state index is 0.145. The molecule has 18 heavy (non-hydrogen) atoms. The molecule has 1 aromatic heterocycles. The average Bonchev–Trinajstić information content (AvgIpc) is 2.23. The van der Waals surface area contributed by atoms with Gasteiger partial charge in [0.1, 0.15) is 6.61 Å². The molecule has 1 aromatic rings. The van der Waals surface area contributed by atoms with Crippen LogP contribution in [-0.2, 0) is 11.3 Å². The number of aryl methyl sites for hydroxylation is 1. The third kappa shape index (κ3) is 5.93. The van der Waals surface area contributed by atoms with E-state index in [0.717, 1.165) is 11.4 Å². The molecule has 0 amide bonds. The lowest BCUT2D eigenvalue weighted by Gasteiger charge is -2.19. The fourth-order valence-electron chi connectivity index (χ4n) is 1.42. The fourth-order valence-corrected chi connectivity index (χ4v) is 1.42.